The number of sulfonamides is 2. The molecule has 134 valence electrons. The van der Waals surface area contributed by atoms with Crippen LogP contribution in [0.3, 0.4) is 0 Å². The molecule has 1 heterocycles. The topological polar surface area (TPSA) is 127 Å². The zero-order valence-electron chi connectivity index (χ0n) is 13.3. The van der Waals surface area contributed by atoms with Gasteiger partial charge in [0.25, 0.3) is 0 Å². The molecule has 1 aliphatic heterocycles. The Hall–Kier alpha value is -1.49. The molecule has 0 aliphatic carbocycles. The van der Waals surface area contributed by atoms with Gasteiger partial charge in [0.2, 0.25) is 26.0 Å². The molecule has 1 aliphatic rings. The number of carbonyl (C=O) groups is 1. The zero-order chi connectivity index (χ0) is 18.0. The van der Waals surface area contributed by atoms with Crippen LogP contribution in [0.15, 0.2) is 29.2 Å². The number of nitrogens with two attached hydrogens (primary N) is 1. The number of nitrogens with one attached hydrogen (secondary N) is 1. The van der Waals surface area contributed by atoms with Gasteiger partial charge in [0.15, 0.2) is 0 Å². The summed E-state index contributed by atoms with van der Waals surface area (Å²) in [6.45, 7) is 0.867. The maximum absolute atomic E-state index is 12.2. The first kappa shape index (κ1) is 18.8. The summed E-state index contributed by atoms with van der Waals surface area (Å²) < 4.78 is 46.9. The van der Waals surface area contributed by atoms with Gasteiger partial charge in [-0.15, -0.1) is 0 Å². The van der Waals surface area contributed by atoms with Gasteiger partial charge in [0.1, 0.15) is 0 Å². The average Bonchev–Trinajstić information content (AvgIpc) is 2.51. The summed E-state index contributed by atoms with van der Waals surface area (Å²) in [6, 6.07) is 5.90. The van der Waals surface area contributed by atoms with Crippen molar-refractivity contribution in [3.63, 3.8) is 0 Å². The Morgan fingerprint density at radius 2 is 1.88 bits per heavy atom. The molecule has 0 radical (unpaired) electrons. The largest absolute Gasteiger partial charge is 0.352 e. The second-order valence-electron chi connectivity index (χ2n) is 5.87. The summed E-state index contributed by atoms with van der Waals surface area (Å²) in [5.41, 5.74) is 0.728. The summed E-state index contributed by atoms with van der Waals surface area (Å²) in [4.78, 5) is 12.2. The first-order chi connectivity index (χ1) is 11.1. The number of carbonyl (C=O) groups excluding carboxylic acids is 1. The highest BCUT2D eigenvalue weighted by Crippen LogP contribution is 2.19. The van der Waals surface area contributed by atoms with Crippen molar-refractivity contribution in [2.24, 2.45) is 11.1 Å². The van der Waals surface area contributed by atoms with Gasteiger partial charge in [-0.1, -0.05) is 12.1 Å². The molecule has 3 N–H and O–H groups in total. The van der Waals surface area contributed by atoms with Crippen LogP contribution in [0.25, 0.3) is 0 Å². The molecule has 2 rings (SSSR count). The summed E-state index contributed by atoms with van der Waals surface area (Å²) in [6.07, 6.45) is 2.43. The average molecular weight is 375 g/mol. The number of amides is 1. The van der Waals surface area contributed by atoms with Gasteiger partial charge in [-0.05, 0) is 30.5 Å². The van der Waals surface area contributed by atoms with Crippen molar-refractivity contribution in [3.8, 4) is 0 Å². The Labute approximate surface area is 142 Å². The Balaban J connectivity index is 1.93. The van der Waals surface area contributed by atoms with E-state index in [-0.39, 0.29) is 29.8 Å². The minimum Gasteiger partial charge on any atom is -0.352 e. The van der Waals surface area contributed by atoms with Gasteiger partial charge >= 0.3 is 0 Å². The predicted molar refractivity (Wildman–Crippen MR) is 88.8 cm³/mol. The molecule has 0 saturated carbocycles. The molecule has 0 aromatic heterocycles. The normalized spacial score (nSPS) is 19.8. The highest BCUT2D eigenvalue weighted by Gasteiger charge is 2.29. The van der Waals surface area contributed by atoms with E-state index in [0.717, 1.165) is 11.8 Å². The molecule has 0 bridgehead atoms. The Morgan fingerprint density at radius 1 is 1.25 bits per heavy atom. The van der Waals surface area contributed by atoms with Gasteiger partial charge in [-0.3, -0.25) is 4.79 Å². The molecule has 1 atom stereocenters. The van der Waals surface area contributed by atoms with Gasteiger partial charge < -0.3 is 5.32 Å². The van der Waals surface area contributed by atoms with Crippen molar-refractivity contribution in [1.29, 1.82) is 0 Å². The van der Waals surface area contributed by atoms with Gasteiger partial charge in [0, 0.05) is 19.6 Å². The van der Waals surface area contributed by atoms with E-state index in [1.807, 2.05) is 0 Å². The van der Waals surface area contributed by atoms with Crippen LogP contribution in [0, 0.1) is 5.92 Å². The fourth-order valence-electron chi connectivity index (χ4n) is 2.59. The fourth-order valence-corrected chi connectivity index (χ4v) is 4.02. The number of piperidine rings is 1. The van der Waals surface area contributed by atoms with E-state index in [0.29, 0.717) is 19.4 Å². The lowest BCUT2D eigenvalue weighted by Gasteiger charge is -2.30. The Bertz CT molecular complexity index is 803. The van der Waals surface area contributed by atoms with Crippen LogP contribution in [-0.4, -0.2) is 46.4 Å². The molecule has 1 saturated heterocycles. The van der Waals surface area contributed by atoms with Crippen LogP contribution in [0.2, 0.25) is 0 Å². The van der Waals surface area contributed by atoms with Crippen molar-refractivity contribution < 1.29 is 21.6 Å². The van der Waals surface area contributed by atoms with Gasteiger partial charge in [-0.25, -0.2) is 26.3 Å². The SMILES string of the molecule is CS(=O)(=O)N1CCC[C@H](C(=O)NCc2ccc(S(N)(=O)=O)cc2)C1. The third-order valence-electron chi connectivity index (χ3n) is 3.94. The highest BCUT2D eigenvalue weighted by molar-refractivity contribution is 7.89. The predicted octanol–water partition coefficient (Wildman–Crippen LogP) is -0.378. The Kier molecular flexibility index (Phi) is 5.63. The summed E-state index contributed by atoms with van der Waals surface area (Å²) in [7, 11) is -7.03. The number of benzene rings is 1. The monoisotopic (exact) mass is 375 g/mol. The lowest BCUT2D eigenvalue weighted by molar-refractivity contribution is -0.126. The number of hydrogen-bond donors (Lipinski definition) is 2. The molecular weight excluding hydrogens is 354 g/mol. The van der Waals surface area contributed by atoms with Crippen LogP contribution in [-0.2, 0) is 31.4 Å². The van der Waals surface area contributed by atoms with Crippen LogP contribution >= 0.6 is 0 Å². The van der Waals surface area contributed by atoms with E-state index in [2.05, 4.69) is 5.32 Å². The third-order valence-corrected chi connectivity index (χ3v) is 6.14. The number of primary sulfonamides is 1. The van der Waals surface area contributed by atoms with E-state index in [1.165, 1.54) is 16.4 Å². The van der Waals surface area contributed by atoms with Crippen molar-refractivity contribution in [3.05, 3.63) is 29.8 Å². The second kappa shape index (κ2) is 7.18. The number of hydrogen-bond acceptors (Lipinski definition) is 5. The van der Waals surface area contributed by atoms with Crippen molar-refractivity contribution in [2.75, 3.05) is 19.3 Å². The minimum atomic E-state index is -3.74. The van der Waals surface area contributed by atoms with Crippen LogP contribution < -0.4 is 10.5 Å². The first-order valence-electron chi connectivity index (χ1n) is 7.42. The second-order valence-corrected chi connectivity index (χ2v) is 9.41. The third kappa shape index (κ3) is 5.00. The molecule has 1 aromatic rings. The van der Waals surface area contributed by atoms with E-state index >= 15 is 0 Å². The standard InChI is InChI=1S/C14H21N3O5S2/c1-23(19,20)17-8-2-3-12(10-17)14(18)16-9-11-4-6-13(7-5-11)24(15,21)22/h4-7,12H,2-3,8-10H2,1H3,(H,16,18)(H2,15,21,22)/t12-/m0/s1. The fraction of sp³-hybridized carbons (Fsp3) is 0.500. The summed E-state index contributed by atoms with van der Waals surface area (Å²) in [5, 5.41) is 7.78. The van der Waals surface area contributed by atoms with Crippen LogP contribution in [0.1, 0.15) is 18.4 Å². The van der Waals surface area contributed by atoms with Crippen molar-refractivity contribution in [1.82, 2.24) is 9.62 Å². The minimum absolute atomic E-state index is 0.00801. The quantitative estimate of drug-likeness (QED) is 0.725. The highest BCUT2D eigenvalue weighted by atomic mass is 32.2. The molecule has 10 heteroatoms. The molecule has 0 spiro atoms. The van der Waals surface area contributed by atoms with Gasteiger partial charge in [0.05, 0.1) is 17.1 Å². The van der Waals surface area contributed by atoms with Crippen molar-refractivity contribution in [2.45, 2.75) is 24.3 Å². The van der Waals surface area contributed by atoms with Crippen LogP contribution in [0.4, 0.5) is 0 Å². The van der Waals surface area contributed by atoms with E-state index in [4.69, 9.17) is 5.14 Å². The summed E-state index contributed by atoms with van der Waals surface area (Å²) in [5.74, 6) is -0.587. The smallest absolute Gasteiger partial charge is 0.238 e. The van der Waals surface area contributed by atoms with E-state index in [9.17, 15) is 21.6 Å². The summed E-state index contributed by atoms with van der Waals surface area (Å²) >= 11 is 0. The maximum atomic E-state index is 12.2. The number of rotatable bonds is 5. The first-order valence-corrected chi connectivity index (χ1v) is 10.8. The molecule has 24 heavy (non-hydrogen) atoms. The molecule has 1 fully saturated rings. The molecular formula is C14H21N3O5S2. The molecule has 1 amide bonds. The zero-order valence-corrected chi connectivity index (χ0v) is 14.9. The van der Waals surface area contributed by atoms with Crippen molar-refractivity contribution >= 4 is 26.0 Å². The number of nitrogens with zero attached hydrogens (tertiary/aromatic N) is 1. The molecule has 1 aromatic carbocycles. The molecule has 8 nitrogen and oxygen atoms in total. The lowest BCUT2D eigenvalue weighted by atomic mass is 9.99. The van der Waals surface area contributed by atoms with Gasteiger partial charge in [-0.2, -0.15) is 0 Å². The van der Waals surface area contributed by atoms with E-state index in [1.54, 1.807) is 12.1 Å². The Morgan fingerprint density at radius 3 is 2.42 bits per heavy atom. The maximum Gasteiger partial charge on any atom is 0.238 e. The van der Waals surface area contributed by atoms with Crippen LogP contribution in [0.5, 0.6) is 0 Å². The molecule has 0 unspecified atom stereocenters. The van der Waals surface area contributed by atoms with E-state index < -0.39 is 20.0 Å². The lowest BCUT2D eigenvalue weighted by Crippen LogP contribution is -2.44.